The Kier molecular flexibility index (Phi) is 3.46. The molecular weight excluding hydrogens is 413 g/mol. The molecular formula is C16H9ClIN3O. The number of hydrogen-bond acceptors (Lipinski definition) is 4. The summed E-state index contributed by atoms with van der Waals surface area (Å²) < 4.78 is 6.65. The molecule has 6 heteroatoms. The van der Waals surface area contributed by atoms with Gasteiger partial charge in [0.15, 0.2) is 0 Å². The number of fused-ring (bicyclic) bond motifs is 2. The number of aromatic nitrogens is 3. The predicted molar refractivity (Wildman–Crippen MR) is 94.8 cm³/mol. The van der Waals surface area contributed by atoms with Gasteiger partial charge in [0.25, 0.3) is 0 Å². The molecule has 0 saturated heterocycles. The van der Waals surface area contributed by atoms with Gasteiger partial charge in [-0.2, -0.15) is 0 Å². The van der Waals surface area contributed by atoms with Crippen LogP contribution >= 0.6 is 34.2 Å². The van der Waals surface area contributed by atoms with E-state index in [4.69, 9.17) is 21.0 Å². The summed E-state index contributed by atoms with van der Waals surface area (Å²) in [5, 5.41) is 0. The summed E-state index contributed by atoms with van der Waals surface area (Å²) in [4.78, 5) is 13.8. The van der Waals surface area contributed by atoms with Crippen LogP contribution in [0.5, 0.6) is 0 Å². The minimum atomic E-state index is 0.321. The summed E-state index contributed by atoms with van der Waals surface area (Å²) >= 11 is 8.06. The number of halogens is 2. The van der Waals surface area contributed by atoms with Crippen LogP contribution in [-0.4, -0.2) is 15.0 Å². The molecule has 108 valence electrons. The number of para-hydroxylation sites is 1. The van der Waals surface area contributed by atoms with Crippen LogP contribution in [0, 0.1) is 3.57 Å². The summed E-state index contributed by atoms with van der Waals surface area (Å²) in [6.45, 7) is 0. The number of rotatable bonds is 2. The van der Waals surface area contributed by atoms with Crippen LogP contribution in [0.3, 0.4) is 0 Å². The minimum absolute atomic E-state index is 0.321. The van der Waals surface area contributed by atoms with Crippen molar-refractivity contribution >= 4 is 56.3 Å². The first-order valence-corrected chi connectivity index (χ1v) is 8.23. The van der Waals surface area contributed by atoms with Crippen molar-refractivity contribution in [2.24, 2.45) is 0 Å². The van der Waals surface area contributed by atoms with Crippen molar-refractivity contribution in [2.75, 3.05) is 0 Å². The molecule has 0 bridgehead atoms. The standard InChI is InChI=1S/C16H9ClIN3O/c17-7-10-8-22-16(19-10)11-2-1-3-13-15(11)21-12-5-4-9(18)6-14(12)20-13/h1-6,8H,7H2. The van der Waals surface area contributed by atoms with Crippen molar-refractivity contribution in [1.29, 1.82) is 0 Å². The number of hydrogen-bond donors (Lipinski definition) is 0. The highest BCUT2D eigenvalue weighted by Gasteiger charge is 2.13. The highest BCUT2D eigenvalue weighted by molar-refractivity contribution is 14.1. The number of oxazole rings is 1. The first kappa shape index (κ1) is 13.9. The van der Waals surface area contributed by atoms with Gasteiger partial charge in [-0.1, -0.05) is 6.07 Å². The molecule has 0 aliphatic carbocycles. The molecule has 4 aromatic rings. The van der Waals surface area contributed by atoms with E-state index < -0.39 is 0 Å². The molecule has 0 amide bonds. The Labute approximate surface area is 144 Å². The molecule has 4 rings (SSSR count). The van der Waals surface area contributed by atoms with Crippen LogP contribution in [0.4, 0.5) is 0 Å². The second-order valence-electron chi connectivity index (χ2n) is 4.81. The molecule has 22 heavy (non-hydrogen) atoms. The van der Waals surface area contributed by atoms with E-state index in [0.29, 0.717) is 17.5 Å². The predicted octanol–water partition coefficient (Wildman–Crippen LogP) is 4.78. The highest BCUT2D eigenvalue weighted by atomic mass is 127. The van der Waals surface area contributed by atoms with Crippen LogP contribution in [0.15, 0.2) is 47.1 Å². The molecule has 2 aromatic carbocycles. The van der Waals surface area contributed by atoms with E-state index in [-0.39, 0.29) is 0 Å². The molecule has 4 nitrogen and oxygen atoms in total. The third-order valence-corrected chi connectivity index (χ3v) is 4.29. The fourth-order valence-corrected chi connectivity index (χ4v) is 2.93. The van der Waals surface area contributed by atoms with Crippen molar-refractivity contribution in [1.82, 2.24) is 15.0 Å². The van der Waals surface area contributed by atoms with E-state index in [1.54, 1.807) is 6.26 Å². The Bertz CT molecular complexity index is 999. The molecule has 0 unspecified atom stereocenters. The number of benzene rings is 2. The summed E-state index contributed by atoms with van der Waals surface area (Å²) in [7, 11) is 0. The van der Waals surface area contributed by atoms with E-state index in [1.165, 1.54) is 0 Å². The third kappa shape index (κ3) is 2.34. The van der Waals surface area contributed by atoms with Crippen molar-refractivity contribution < 1.29 is 4.42 Å². The van der Waals surface area contributed by atoms with E-state index in [9.17, 15) is 0 Å². The normalized spacial score (nSPS) is 11.4. The SMILES string of the molecule is ClCc1coc(-c2cccc3nc4cc(I)ccc4nc23)n1. The van der Waals surface area contributed by atoms with Crippen LogP contribution in [-0.2, 0) is 5.88 Å². The van der Waals surface area contributed by atoms with Crippen LogP contribution in [0.2, 0.25) is 0 Å². The van der Waals surface area contributed by atoms with E-state index in [0.717, 1.165) is 31.2 Å². The van der Waals surface area contributed by atoms with Gasteiger partial charge in [-0.15, -0.1) is 11.6 Å². The van der Waals surface area contributed by atoms with Crippen molar-refractivity contribution in [3.63, 3.8) is 0 Å². The lowest BCUT2D eigenvalue weighted by molar-refractivity contribution is 0.574. The molecule has 0 N–H and O–H groups in total. The Morgan fingerprint density at radius 2 is 1.91 bits per heavy atom. The lowest BCUT2D eigenvalue weighted by atomic mass is 10.1. The van der Waals surface area contributed by atoms with Gasteiger partial charge in [-0.05, 0) is 52.9 Å². The van der Waals surface area contributed by atoms with Crippen molar-refractivity contribution in [3.8, 4) is 11.5 Å². The van der Waals surface area contributed by atoms with Crippen LogP contribution in [0.1, 0.15) is 5.69 Å². The lowest BCUT2D eigenvalue weighted by Crippen LogP contribution is -1.91. The summed E-state index contributed by atoms with van der Waals surface area (Å²) in [5.41, 5.74) is 4.85. The van der Waals surface area contributed by atoms with Gasteiger partial charge in [-0.25, -0.2) is 15.0 Å². The molecule has 0 radical (unpaired) electrons. The maximum atomic E-state index is 5.79. The monoisotopic (exact) mass is 421 g/mol. The van der Waals surface area contributed by atoms with Gasteiger partial charge in [-0.3, -0.25) is 0 Å². The van der Waals surface area contributed by atoms with Gasteiger partial charge in [0, 0.05) is 3.57 Å². The molecule has 0 aliphatic heterocycles. The Balaban J connectivity index is 2.00. The molecule has 0 saturated carbocycles. The van der Waals surface area contributed by atoms with Gasteiger partial charge in [0.1, 0.15) is 11.8 Å². The Hall–Kier alpha value is -1.73. The van der Waals surface area contributed by atoms with E-state index in [2.05, 4.69) is 32.6 Å². The Morgan fingerprint density at radius 3 is 2.73 bits per heavy atom. The highest BCUT2D eigenvalue weighted by Crippen LogP contribution is 2.28. The fourth-order valence-electron chi connectivity index (χ4n) is 2.33. The molecule has 0 aliphatic rings. The average Bonchev–Trinajstić information content (AvgIpc) is 3.01. The minimum Gasteiger partial charge on any atom is -0.444 e. The quantitative estimate of drug-likeness (QED) is 0.265. The topological polar surface area (TPSA) is 51.8 Å². The van der Waals surface area contributed by atoms with Crippen LogP contribution < -0.4 is 0 Å². The molecule has 0 fully saturated rings. The van der Waals surface area contributed by atoms with Crippen molar-refractivity contribution in [2.45, 2.75) is 5.88 Å². The van der Waals surface area contributed by atoms with E-state index in [1.807, 2.05) is 36.4 Å². The zero-order chi connectivity index (χ0) is 15.1. The number of nitrogens with zero attached hydrogens (tertiary/aromatic N) is 3. The maximum Gasteiger partial charge on any atom is 0.228 e. The van der Waals surface area contributed by atoms with Gasteiger partial charge >= 0.3 is 0 Å². The van der Waals surface area contributed by atoms with Crippen molar-refractivity contribution in [3.05, 3.63) is 51.9 Å². The third-order valence-electron chi connectivity index (χ3n) is 3.34. The molecule has 2 heterocycles. The largest absolute Gasteiger partial charge is 0.444 e. The van der Waals surface area contributed by atoms with Gasteiger partial charge in [0.05, 0.1) is 33.7 Å². The zero-order valence-corrected chi connectivity index (χ0v) is 14.2. The fraction of sp³-hybridized carbons (Fsp3) is 0.0625. The summed E-state index contributed by atoms with van der Waals surface area (Å²) in [6, 6.07) is 11.8. The Morgan fingerprint density at radius 1 is 1.00 bits per heavy atom. The number of alkyl halides is 1. The van der Waals surface area contributed by atoms with Gasteiger partial charge in [0.2, 0.25) is 5.89 Å². The molecule has 0 atom stereocenters. The molecule has 2 aromatic heterocycles. The smallest absolute Gasteiger partial charge is 0.228 e. The first-order chi connectivity index (χ1) is 10.7. The summed E-state index contributed by atoms with van der Waals surface area (Å²) in [5.74, 6) is 0.835. The zero-order valence-electron chi connectivity index (χ0n) is 11.3. The average molecular weight is 422 g/mol. The summed E-state index contributed by atoms with van der Waals surface area (Å²) in [6.07, 6.45) is 1.57. The second kappa shape index (κ2) is 5.48. The van der Waals surface area contributed by atoms with E-state index >= 15 is 0 Å². The van der Waals surface area contributed by atoms with Crippen LogP contribution in [0.25, 0.3) is 33.5 Å². The molecule has 0 spiro atoms. The lowest BCUT2D eigenvalue weighted by Gasteiger charge is -2.04. The first-order valence-electron chi connectivity index (χ1n) is 6.61. The van der Waals surface area contributed by atoms with Gasteiger partial charge < -0.3 is 4.42 Å². The second-order valence-corrected chi connectivity index (χ2v) is 6.32. The maximum absolute atomic E-state index is 5.79.